The number of pyridine rings is 1. The molecule has 0 aliphatic rings. The second kappa shape index (κ2) is 5.64. The molecule has 0 aromatic carbocycles. The molecule has 0 radical (unpaired) electrons. The zero-order chi connectivity index (χ0) is 12.1. The number of nitrogens with zero attached hydrogens (tertiary/aromatic N) is 1. The summed E-state index contributed by atoms with van der Waals surface area (Å²) in [5.41, 5.74) is 5.64. The molecular weight excluding hydrogens is 212 g/mol. The SMILES string of the molecule is COc1ccc(C(O)C(O)CN)c(OC)n1. The Morgan fingerprint density at radius 2 is 2.00 bits per heavy atom. The Bertz CT molecular complexity index is 346. The van der Waals surface area contributed by atoms with Crippen molar-refractivity contribution >= 4 is 0 Å². The summed E-state index contributed by atoms with van der Waals surface area (Å²) in [5, 5.41) is 19.2. The summed E-state index contributed by atoms with van der Waals surface area (Å²) in [6.45, 7) is -0.0453. The van der Waals surface area contributed by atoms with Gasteiger partial charge in [-0.25, -0.2) is 0 Å². The maximum atomic E-state index is 9.77. The van der Waals surface area contributed by atoms with Gasteiger partial charge in [0.1, 0.15) is 6.10 Å². The van der Waals surface area contributed by atoms with Crippen LogP contribution in [0.25, 0.3) is 0 Å². The van der Waals surface area contributed by atoms with Crippen molar-refractivity contribution in [1.29, 1.82) is 0 Å². The molecular formula is C10H16N2O4. The molecule has 1 aromatic heterocycles. The molecule has 0 amide bonds. The largest absolute Gasteiger partial charge is 0.481 e. The minimum atomic E-state index is -1.13. The molecule has 2 unspecified atom stereocenters. The van der Waals surface area contributed by atoms with Crippen molar-refractivity contribution in [3.05, 3.63) is 17.7 Å². The first-order valence-corrected chi connectivity index (χ1v) is 4.79. The van der Waals surface area contributed by atoms with Crippen molar-refractivity contribution in [3.63, 3.8) is 0 Å². The summed E-state index contributed by atoms with van der Waals surface area (Å²) >= 11 is 0. The minimum absolute atomic E-state index is 0.0453. The monoisotopic (exact) mass is 228 g/mol. The zero-order valence-corrected chi connectivity index (χ0v) is 9.25. The van der Waals surface area contributed by atoms with Gasteiger partial charge in [-0.3, -0.25) is 0 Å². The molecule has 2 atom stereocenters. The summed E-state index contributed by atoms with van der Waals surface area (Å²) in [6.07, 6.45) is -2.18. The van der Waals surface area contributed by atoms with Gasteiger partial charge in [-0.2, -0.15) is 4.98 Å². The summed E-state index contributed by atoms with van der Waals surface area (Å²) in [6, 6.07) is 3.15. The number of hydrogen-bond acceptors (Lipinski definition) is 6. The van der Waals surface area contributed by atoms with Gasteiger partial charge >= 0.3 is 0 Å². The fraction of sp³-hybridized carbons (Fsp3) is 0.500. The van der Waals surface area contributed by atoms with Crippen LogP contribution in [0.3, 0.4) is 0 Å². The minimum Gasteiger partial charge on any atom is -0.481 e. The van der Waals surface area contributed by atoms with Crippen LogP contribution in [0.2, 0.25) is 0 Å². The maximum Gasteiger partial charge on any atom is 0.222 e. The second-order valence-electron chi connectivity index (χ2n) is 3.20. The van der Waals surface area contributed by atoms with E-state index in [1.807, 2.05) is 0 Å². The Kier molecular flexibility index (Phi) is 4.48. The number of aliphatic hydroxyl groups excluding tert-OH is 2. The number of aliphatic hydroxyl groups is 2. The molecule has 0 saturated carbocycles. The third-order valence-electron chi connectivity index (χ3n) is 2.19. The van der Waals surface area contributed by atoms with Gasteiger partial charge in [-0.1, -0.05) is 0 Å². The fourth-order valence-corrected chi connectivity index (χ4v) is 1.27. The van der Waals surface area contributed by atoms with Crippen molar-refractivity contribution in [1.82, 2.24) is 4.98 Å². The second-order valence-corrected chi connectivity index (χ2v) is 3.20. The fourth-order valence-electron chi connectivity index (χ4n) is 1.27. The van der Waals surface area contributed by atoms with Crippen molar-refractivity contribution in [2.45, 2.75) is 12.2 Å². The van der Waals surface area contributed by atoms with Crippen LogP contribution in [-0.2, 0) is 0 Å². The van der Waals surface area contributed by atoms with Crippen LogP contribution in [0.5, 0.6) is 11.8 Å². The lowest BCUT2D eigenvalue weighted by Crippen LogP contribution is -2.27. The highest BCUT2D eigenvalue weighted by atomic mass is 16.5. The zero-order valence-electron chi connectivity index (χ0n) is 9.25. The molecule has 1 heterocycles. The number of nitrogens with two attached hydrogens (primary N) is 1. The van der Waals surface area contributed by atoms with E-state index in [1.54, 1.807) is 12.1 Å². The van der Waals surface area contributed by atoms with E-state index < -0.39 is 12.2 Å². The van der Waals surface area contributed by atoms with Crippen LogP contribution in [0.4, 0.5) is 0 Å². The highest BCUT2D eigenvalue weighted by molar-refractivity contribution is 5.33. The average Bonchev–Trinajstić information content (AvgIpc) is 2.35. The Hall–Kier alpha value is -1.37. The molecule has 0 bridgehead atoms. The van der Waals surface area contributed by atoms with Gasteiger partial charge in [0, 0.05) is 18.2 Å². The Morgan fingerprint density at radius 1 is 1.31 bits per heavy atom. The quantitative estimate of drug-likeness (QED) is 0.625. The molecule has 0 aliphatic carbocycles. The lowest BCUT2D eigenvalue weighted by atomic mass is 10.1. The van der Waals surface area contributed by atoms with Gasteiger partial charge < -0.3 is 25.4 Å². The van der Waals surface area contributed by atoms with E-state index in [1.165, 1.54) is 14.2 Å². The van der Waals surface area contributed by atoms with Crippen molar-refractivity contribution in [2.24, 2.45) is 5.73 Å². The Morgan fingerprint density at radius 3 is 2.50 bits per heavy atom. The van der Waals surface area contributed by atoms with Crippen LogP contribution in [0.15, 0.2) is 12.1 Å². The van der Waals surface area contributed by atoms with E-state index in [0.717, 1.165) is 0 Å². The molecule has 0 fully saturated rings. The number of aromatic nitrogens is 1. The van der Waals surface area contributed by atoms with Crippen LogP contribution >= 0.6 is 0 Å². The summed E-state index contributed by atoms with van der Waals surface area (Å²) in [5.74, 6) is 0.578. The normalized spacial score (nSPS) is 14.3. The van der Waals surface area contributed by atoms with Gasteiger partial charge in [0.2, 0.25) is 11.8 Å². The lowest BCUT2D eigenvalue weighted by Gasteiger charge is -2.18. The van der Waals surface area contributed by atoms with E-state index in [4.69, 9.17) is 15.2 Å². The summed E-state index contributed by atoms with van der Waals surface area (Å²) in [7, 11) is 2.90. The van der Waals surface area contributed by atoms with E-state index in [-0.39, 0.29) is 12.4 Å². The van der Waals surface area contributed by atoms with Gasteiger partial charge in [-0.15, -0.1) is 0 Å². The summed E-state index contributed by atoms with van der Waals surface area (Å²) in [4.78, 5) is 3.99. The standard InChI is InChI=1S/C10H16N2O4/c1-15-8-4-3-6(10(12-8)16-2)9(14)7(13)5-11/h3-4,7,9,13-14H,5,11H2,1-2H3. The number of rotatable bonds is 5. The molecule has 0 spiro atoms. The lowest BCUT2D eigenvalue weighted by molar-refractivity contribution is 0.0225. The Labute approximate surface area is 93.6 Å². The number of methoxy groups -OCH3 is 2. The van der Waals surface area contributed by atoms with Crippen molar-refractivity contribution in [3.8, 4) is 11.8 Å². The van der Waals surface area contributed by atoms with Crippen LogP contribution in [-0.4, -0.2) is 42.1 Å². The van der Waals surface area contributed by atoms with Crippen molar-refractivity contribution < 1.29 is 19.7 Å². The van der Waals surface area contributed by atoms with Crippen LogP contribution < -0.4 is 15.2 Å². The molecule has 1 aromatic rings. The number of ether oxygens (including phenoxy) is 2. The highest BCUT2D eigenvalue weighted by Gasteiger charge is 2.21. The molecule has 0 saturated heterocycles. The smallest absolute Gasteiger partial charge is 0.222 e. The van der Waals surface area contributed by atoms with Gasteiger partial charge in [0.15, 0.2) is 0 Å². The number of hydrogen-bond donors (Lipinski definition) is 3. The van der Waals surface area contributed by atoms with E-state index in [2.05, 4.69) is 4.98 Å². The van der Waals surface area contributed by atoms with E-state index in [0.29, 0.717) is 11.4 Å². The molecule has 90 valence electrons. The van der Waals surface area contributed by atoms with E-state index >= 15 is 0 Å². The molecule has 0 aliphatic heterocycles. The average molecular weight is 228 g/mol. The molecule has 1 rings (SSSR count). The first kappa shape index (κ1) is 12.7. The van der Waals surface area contributed by atoms with Crippen molar-refractivity contribution in [2.75, 3.05) is 20.8 Å². The Balaban J connectivity index is 3.03. The molecule has 4 N–H and O–H groups in total. The first-order chi connectivity index (χ1) is 7.63. The highest BCUT2D eigenvalue weighted by Crippen LogP contribution is 2.27. The maximum absolute atomic E-state index is 9.77. The third-order valence-corrected chi connectivity index (χ3v) is 2.19. The van der Waals surface area contributed by atoms with Gasteiger partial charge in [-0.05, 0) is 6.07 Å². The predicted molar refractivity (Wildman–Crippen MR) is 57.4 cm³/mol. The molecule has 16 heavy (non-hydrogen) atoms. The predicted octanol–water partition coefficient (Wildman–Crippen LogP) is -0.548. The molecule has 6 heteroatoms. The van der Waals surface area contributed by atoms with Crippen LogP contribution in [0.1, 0.15) is 11.7 Å². The summed E-state index contributed by atoms with van der Waals surface area (Å²) < 4.78 is 9.92. The van der Waals surface area contributed by atoms with E-state index in [9.17, 15) is 10.2 Å². The van der Waals surface area contributed by atoms with Crippen LogP contribution in [0, 0.1) is 0 Å². The molecule has 6 nitrogen and oxygen atoms in total. The van der Waals surface area contributed by atoms with Gasteiger partial charge in [0.05, 0.1) is 20.3 Å². The first-order valence-electron chi connectivity index (χ1n) is 4.79. The third kappa shape index (κ3) is 2.60. The van der Waals surface area contributed by atoms with Gasteiger partial charge in [0.25, 0.3) is 0 Å². The topological polar surface area (TPSA) is 97.8 Å².